The van der Waals surface area contributed by atoms with Crippen LogP contribution < -0.4 is 10.6 Å². The molecule has 1 amide bonds. The van der Waals surface area contributed by atoms with Gasteiger partial charge in [0.25, 0.3) is 0 Å². The molecule has 3 aromatic carbocycles. The molecule has 1 heterocycles. The fraction of sp³-hybridized carbons (Fsp3) is 0.222. The first-order valence-electron chi connectivity index (χ1n) is 11.2. The second kappa shape index (κ2) is 10.8. The number of anilines is 1. The summed E-state index contributed by atoms with van der Waals surface area (Å²) in [6, 6.07) is 21.4. The molecular formula is C27H26BrN3O3. The van der Waals surface area contributed by atoms with E-state index in [1.807, 2.05) is 66.7 Å². The van der Waals surface area contributed by atoms with Crippen molar-refractivity contribution in [1.82, 2.24) is 5.32 Å². The first kappa shape index (κ1) is 23.9. The fourth-order valence-corrected chi connectivity index (χ4v) is 4.35. The quantitative estimate of drug-likeness (QED) is 0.328. The summed E-state index contributed by atoms with van der Waals surface area (Å²) in [4.78, 5) is 28.9. The molecule has 0 saturated carbocycles. The summed E-state index contributed by atoms with van der Waals surface area (Å²) >= 11 is 3.47. The van der Waals surface area contributed by atoms with Gasteiger partial charge in [0, 0.05) is 23.1 Å². The number of nitrogens with one attached hydrogen (secondary N) is 2. The van der Waals surface area contributed by atoms with Gasteiger partial charge in [-0.15, -0.1) is 0 Å². The van der Waals surface area contributed by atoms with Gasteiger partial charge in [-0.2, -0.15) is 0 Å². The predicted octanol–water partition coefficient (Wildman–Crippen LogP) is 5.43. The smallest absolute Gasteiger partial charge is 0.303 e. The standard InChI is InChI=1S/C27H26BrN3O3/c1-2-29-16-18-5-11-21(12-6-18)30-26(19-8-3-17(4-9-19)7-14-24(32)33)25-22-13-10-20(28)15-23(22)31-27(25)34/h3-6,8-13,15,25,29H,2,7,14,16H2,1H3,(H,31,34)(H,32,33). The summed E-state index contributed by atoms with van der Waals surface area (Å²) in [6.07, 6.45) is 0.531. The van der Waals surface area contributed by atoms with Crippen molar-refractivity contribution in [3.8, 4) is 0 Å². The van der Waals surface area contributed by atoms with E-state index in [1.54, 1.807) is 0 Å². The van der Waals surface area contributed by atoms with E-state index in [4.69, 9.17) is 10.1 Å². The number of benzene rings is 3. The third-order valence-electron chi connectivity index (χ3n) is 5.76. The number of hydrogen-bond acceptors (Lipinski definition) is 4. The highest BCUT2D eigenvalue weighted by Gasteiger charge is 2.35. The highest BCUT2D eigenvalue weighted by molar-refractivity contribution is 9.10. The van der Waals surface area contributed by atoms with Crippen molar-refractivity contribution in [2.75, 3.05) is 11.9 Å². The lowest BCUT2D eigenvalue weighted by molar-refractivity contribution is -0.137. The predicted molar refractivity (Wildman–Crippen MR) is 138 cm³/mol. The van der Waals surface area contributed by atoms with Gasteiger partial charge in [-0.3, -0.25) is 14.6 Å². The van der Waals surface area contributed by atoms with Gasteiger partial charge in [0.1, 0.15) is 5.92 Å². The lowest BCUT2D eigenvalue weighted by atomic mass is 9.90. The highest BCUT2D eigenvalue weighted by atomic mass is 79.9. The van der Waals surface area contributed by atoms with E-state index in [0.29, 0.717) is 12.1 Å². The first-order valence-corrected chi connectivity index (χ1v) is 12.0. The largest absolute Gasteiger partial charge is 0.481 e. The minimum Gasteiger partial charge on any atom is -0.481 e. The van der Waals surface area contributed by atoms with Crippen molar-refractivity contribution >= 4 is 44.9 Å². The van der Waals surface area contributed by atoms with Crippen LogP contribution in [0.5, 0.6) is 0 Å². The maximum absolute atomic E-state index is 13.1. The van der Waals surface area contributed by atoms with Crippen molar-refractivity contribution in [3.05, 3.63) is 93.5 Å². The van der Waals surface area contributed by atoms with Crippen molar-refractivity contribution in [1.29, 1.82) is 0 Å². The third kappa shape index (κ3) is 5.61. The monoisotopic (exact) mass is 519 g/mol. The van der Waals surface area contributed by atoms with Crippen LogP contribution in [0, 0.1) is 0 Å². The number of aliphatic imine (C=N–C) groups is 1. The molecule has 6 nitrogen and oxygen atoms in total. The molecule has 0 aromatic heterocycles. The topological polar surface area (TPSA) is 90.8 Å². The Morgan fingerprint density at radius 3 is 2.44 bits per heavy atom. The van der Waals surface area contributed by atoms with E-state index in [-0.39, 0.29) is 12.3 Å². The number of aryl methyl sites for hydroxylation is 1. The molecule has 34 heavy (non-hydrogen) atoms. The number of halogens is 1. The van der Waals surface area contributed by atoms with Crippen molar-refractivity contribution in [2.24, 2.45) is 4.99 Å². The lowest BCUT2D eigenvalue weighted by Gasteiger charge is -2.15. The van der Waals surface area contributed by atoms with Gasteiger partial charge >= 0.3 is 5.97 Å². The molecule has 3 N–H and O–H groups in total. The Bertz CT molecular complexity index is 1220. The highest BCUT2D eigenvalue weighted by Crippen LogP contribution is 2.37. The van der Waals surface area contributed by atoms with E-state index < -0.39 is 11.9 Å². The zero-order chi connectivity index (χ0) is 24.1. The molecule has 7 heteroatoms. The zero-order valence-electron chi connectivity index (χ0n) is 18.8. The normalized spacial score (nSPS) is 15.2. The number of rotatable bonds is 9. The van der Waals surface area contributed by atoms with E-state index in [2.05, 4.69) is 33.5 Å². The van der Waals surface area contributed by atoms with Crippen LogP contribution in [0.1, 0.15) is 41.5 Å². The minimum atomic E-state index is -0.825. The third-order valence-corrected chi connectivity index (χ3v) is 6.26. The van der Waals surface area contributed by atoms with E-state index in [1.165, 1.54) is 5.56 Å². The van der Waals surface area contributed by atoms with Crippen LogP contribution in [-0.2, 0) is 22.6 Å². The summed E-state index contributed by atoms with van der Waals surface area (Å²) in [5.41, 5.74) is 6.00. The van der Waals surface area contributed by atoms with Crippen LogP contribution in [-0.4, -0.2) is 29.2 Å². The van der Waals surface area contributed by atoms with Crippen LogP contribution in [0.3, 0.4) is 0 Å². The number of carbonyl (C=O) groups excluding carboxylic acids is 1. The molecule has 1 unspecified atom stereocenters. The van der Waals surface area contributed by atoms with Crippen molar-refractivity contribution in [3.63, 3.8) is 0 Å². The molecule has 0 spiro atoms. The summed E-state index contributed by atoms with van der Waals surface area (Å²) < 4.78 is 0.893. The minimum absolute atomic E-state index is 0.0762. The Balaban J connectivity index is 1.72. The summed E-state index contributed by atoms with van der Waals surface area (Å²) in [5, 5.41) is 15.3. The summed E-state index contributed by atoms with van der Waals surface area (Å²) in [5.74, 6) is -1.49. The van der Waals surface area contributed by atoms with Gasteiger partial charge in [0.2, 0.25) is 5.91 Å². The number of carboxylic acids is 1. The van der Waals surface area contributed by atoms with Crippen LogP contribution in [0.4, 0.5) is 11.4 Å². The lowest BCUT2D eigenvalue weighted by Crippen LogP contribution is -2.22. The molecule has 0 saturated heterocycles. The number of carboxylic acid groups (broad SMARTS) is 1. The SMILES string of the molecule is CCNCc1ccc(N=C(c2ccc(CCC(=O)O)cc2)C2C(=O)Nc3cc(Br)ccc32)cc1. The van der Waals surface area contributed by atoms with E-state index in [9.17, 15) is 9.59 Å². The van der Waals surface area contributed by atoms with E-state index in [0.717, 1.165) is 45.6 Å². The molecule has 0 bridgehead atoms. The Labute approximate surface area is 207 Å². The Morgan fingerprint density at radius 2 is 1.76 bits per heavy atom. The molecule has 1 atom stereocenters. The number of carbonyl (C=O) groups is 2. The average molecular weight is 520 g/mol. The fourth-order valence-electron chi connectivity index (χ4n) is 3.99. The number of hydrogen-bond donors (Lipinski definition) is 3. The number of amides is 1. The number of nitrogens with zero attached hydrogens (tertiary/aromatic N) is 1. The molecule has 1 aliphatic rings. The molecule has 0 aliphatic carbocycles. The summed E-state index contributed by atoms with van der Waals surface area (Å²) in [7, 11) is 0. The van der Waals surface area contributed by atoms with Crippen LogP contribution in [0.2, 0.25) is 0 Å². The zero-order valence-corrected chi connectivity index (χ0v) is 20.4. The van der Waals surface area contributed by atoms with Gasteiger partial charge in [0.15, 0.2) is 0 Å². The Hall–Kier alpha value is -3.29. The maximum atomic E-state index is 13.1. The van der Waals surface area contributed by atoms with E-state index >= 15 is 0 Å². The molecule has 4 rings (SSSR count). The molecule has 1 aliphatic heterocycles. The number of aliphatic carboxylic acids is 1. The average Bonchev–Trinajstić information content (AvgIpc) is 3.15. The maximum Gasteiger partial charge on any atom is 0.303 e. The van der Waals surface area contributed by atoms with Gasteiger partial charge < -0.3 is 15.7 Å². The van der Waals surface area contributed by atoms with Crippen molar-refractivity contribution in [2.45, 2.75) is 32.2 Å². The van der Waals surface area contributed by atoms with Gasteiger partial charge in [-0.1, -0.05) is 65.3 Å². The van der Waals surface area contributed by atoms with Gasteiger partial charge in [-0.25, -0.2) is 0 Å². The van der Waals surface area contributed by atoms with Crippen LogP contribution in [0.25, 0.3) is 0 Å². The van der Waals surface area contributed by atoms with Gasteiger partial charge in [-0.05, 0) is 59.5 Å². The first-order chi connectivity index (χ1) is 16.4. The molecule has 0 radical (unpaired) electrons. The van der Waals surface area contributed by atoms with Crippen LogP contribution >= 0.6 is 15.9 Å². The molecule has 0 fully saturated rings. The Morgan fingerprint density at radius 1 is 1.06 bits per heavy atom. The second-order valence-electron chi connectivity index (χ2n) is 8.19. The van der Waals surface area contributed by atoms with Crippen LogP contribution in [0.15, 0.2) is 76.2 Å². The molecule has 174 valence electrons. The second-order valence-corrected chi connectivity index (χ2v) is 9.10. The van der Waals surface area contributed by atoms with Gasteiger partial charge in [0.05, 0.1) is 11.4 Å². The summed E-state index contributed by atoms with van der Waals surface area (Å²) in [6.45, 7) is 3.76. The Kier molecular flexibility index (Phi) is 7.55. The molecule has 3 aromatic rings. The molecular weight excluding hydrogens is 494 g/mol. The number of fused-ring (bicyclic) bond motifs is 1. The van der Waals surface area contributed by atoms with Crippen molar-refractivity contribution < 1.29 is 14.7 Å².